The Morgan fingerprint density at radius 3 is 2.46 bits per heavy atom. The third-order valence-corrected chi connectivity index (χ3v) is 4.82. The molecule has 0 aliphatic heterocycles. The van der Waals surface area contributed by atoms with E-state index in [2.05, 4.69) is 20.8 Å². The summed E-state index contributed by atoms with van der Waals surface area (Å²) in [5.74, 6) is -1.57. The molecular weight excluding hydrogens is 354 g/mol. The van der Waals surface area contributed by atoms with Crippen molar-refractivity contribution in [2.24, 2.45) is 5.73 Å². The summed E-state index contributed by atoms with van der Waals surface area (Å²) in [6.45, 7) is 1.62. The molecule has 1 aromatic carbocycles. The molecule has 0 saturated heterocycles. The van der Waals surface area contributed by atoms with Crippen LogP contribution in [0.5, 0.6) is 0 Å². The average molecular weight is 369 g/mol. The summed E-state index contributed by atoms with van der Waals surface area (Å²) in [5.41, 5.74) is 6.89. The Hall–Kier alpha value is -3.46. The molecular formula is C17H15N5O3S. The monoisotopic (exact) mass is 369 g/mol. The molecule has 0 fully saturated rings. The molecule has 0 unspecified atom stereocenters. The van der Waals surface area contributed by atoms with Crippen molar-refractivity contribution in [1.82, 2.24) is 10.2 Å². The van der Waals surface area contributed by atoms with Crippen LogP contribution in [-0.2, 0) is 0 Å². The van der Waals surface area contributed by atoms with Gasteiger partial charge in [-0.05, 0) is 24.6 Å². The van der Waals surface area contributed by atoms with Crippen LogP contribution < -0.4 is 16.4 Å². The Labute approximate surface area is 152 Å². The number of carbonyl (C=O) groups excluding carboxylic acids is 3. The van der Waals surface area contributed by atoms with Crippen molar-refractivity contribution in [2.75, 3.05) is 10.6 Å². The lowest BCUT2D eigenvalue weighted by Gasteiger charge is -2.04. The van der Waals surface area contributed by atoms with Crippen molar-refractivity contribution in [3.8, 4) is 0 Å². The molecule has 132 valence electrons. The van der Waals surface area contributed by atoms with Crippen molar-refractivity contribution < 1.29 is 14.4 Å². The second-order valence-electron chi connectivity index (χ2n) is 5.39. The van der Waals surface area contributed by atoms with Crippen LogP contribution in [-0.4, -0.2) is 27.9 Å². The number of primary amides is 1. The van der Waals surface area contributed by atoms with E-state index in [-0.39, 0.29) is 16.5 Å². The topological polar surface area (TPSA) is 130 Å². The van der Waals surface area contributed by atoms with E-state index in [1.165, 1.54) is 12.4 Å². The van der Waals surface area contributed by atoms with Crippen molar-refractivity contribution in [3.63, 3.8) is 0 Å². The first-order chi connectivity index (χ1) is 12.5. The number of hydrogen-bond donors (Lipinski definition) is 4. The van der Waals surface area contributed by atoms with Gasteiger partial charge in [-0.25, -0.2) is 0 Å². The van der Waals surface area contributed by atoms with Gasteiger partial charge in [0.15, 0.2) is 0 Å². The molecule has 5 N–H and O–H groups in total. The first-order valence-electron chi connectivity index (χ1n) is 7.57. The zero-order chi connectivity index (χ0) is 18.7. The molecule has 2 heterocycles. The fraction of sp³-hybridized carbons (Fsp3) is 0.0588. The Bertz CT molecular complexity index is 964. The van der Waals surface area contributed by atoms with Crippen LogP contribution in [0.4, 0.5) is 10.7 Å². The maximum absolute atomic E-state index is 12.6. The number of anilines is 2. The van der Waals surface area contributed by atoms with E-state index < -0.39 is 11.8 Å². The van der Waals surface area contributed by atoms with Gasteiger partial charge in [-0.15, -0.1) is 11.3 Å². The molecule has 0 atom stereocenters. The number of carbonyl (C=O) groups is 3. The van der Waals surface area contributed by atoms with Gasteiger partial charge < -0.3 is 16.4 Å². The highest BCUT2D eigenvalue weighted by atomic mass is 32.1. The number of nitrogens with two attached hydrogens (primary N) is 1. The van der Waals surface area contributed by atoms with Crippen LogP contribution in [0.25, 0.3) is 0 Å². The molecule has 0 saturated carbocycles. The Morgan fingerprint density at radius 2 is 1.85 bits per heavy atom. The maximum Gasteiger partial charge on any atom is 0.266 e. The smallest absolute Gasteiger partial charge is 0.266 e. The summed E-state index contributed by atoms with van der Waals surface area (Å²) >= 11 is 0.992. The highest BCUT2D eigenvalue weighted by Gasteiger charge is 2.25. The minimum atomic E-state index is -0.722. The van der Waals surface area contributed by atoms with Crippen LogP contribution in [0.15, 0.2) is 42.7 Å². The number of rotatable bonds is 5. The number of thiophene rings is 1. The van der Waals surface area contributed by atoms with E-state index in [0.29, 0.717) is 21.7 Å². The number of H-pyrrole nitrogens is 1. The van der Waals surface area contributed by atoms with Crippen LogP contribution in [0, 0.1) is 6.92 Å². The number of nitrogens with zero attached hydrogens (tertiary/aromatic N) is 1. The quantitative estimate of drug-likeness (QED) is 0.550. The first kappa shape index (κ1) is 17.4. The van der Waals surface area contributed by atoms with Gasteiger partial charge in [0, 0.05) is 11.9 Å². The van der Waals surface area contributed by atoms with E-state index in [4.69, 9.17) is 5.73 Å². The lowest BCUT2D eigenvalue weighted by Crippen LogP contribution is -2.17. The molecule has 0 spiro atoms. The summed E-state index contributed by atoms with van der Waals surface area (Å²) < 4.78 is 0. The van der Waals surface area contributed by atoms with Crippen molar-refractivity contribution >= 4 is 39.7 Å². The number of benzene rings is 1. The minimum absolute atomic E-state index is 0.116. The van der Waals surface area contributed by atoms with E-state index >= 15 is 0 Å². The fourth-order valence-corrected chi connectivity index (χ4v) is 3.48. The highest BCUT2D eigenvalue weighted by Crippen LogP contribution is 2.33. The molecule has 3 rings (SSSR count). The molecule has 9 heteroatoms. The Kier molecular flexibility index (Phi) is 4.81. The molecule has 0 aliphatic carbocycles. The predicted molar refractivity (Wildman–Crippen MR) is 98.5 cm³/mol. The molecule has 3 aromatic rings. The molecule has 0 radical (unpaired) electrons. The van der Waals surface area contributed by atoms with Gasteiger partial charge in [-0.1, -0.05) is 18.2 Å². The number of aromatic amines is 1. The van der Waals surface area contributed by atoms with Crippen molar-refractivity contribution in [2.45, 2.75) is 6.92 Å². The van der Waals surface area contributed by atoms with E-state index in [1.807, 2.05) is 6.07 Å². The van der Waals surface area contributed by atoms with Crippen LogP contribution in [0.1, 0.15) is 36.0 Å². The van der Waals surface area contributed by atoms with Gasteiger partial charge in [0.25, 0.3) is 17.7 Å². The normalized spacial score (nSPS) is 10.3. The van der Waals surface area contributed by atoms with E-state index in [1.54, 1.807) is 31.2 Å². The Morgan fingerprint density at radius 1 is 1.12 bits per heavy atom. The van der Waals surface area contributed by atoms with Gasteiger partial charge in [0.2, 0.25) is 0 Å². The predicted octanol–water partition coefficient (Wildman–Crippen LogP) is 2.38. The van der Waals surface area contributed by atoms with Crippen LogP contribution >= 0.6 is 11.3 Å². The maximum atomic E-state index is 12.6. The summed E-state index contributed by atoms with van der Waals surface area (Å²) in [6.07, 6.45) is 2.77. The van der Waals surface area contributed by atoms with Gasteiger partial charge in [-0.3, -0.25) is 19.5 Å². The second kappa shape index (κ2) is 7.19. The van der Waals surface area contributed by atoms with E-state index in [0.717, 1.165) is 11.3 Å². The van der Waals surface area contributed by atoms with Gasteiger partial charge >= 0.3 is 0 Å². The standard InChI is InChI=1S/C17H15N5O3S/c1-9-12(14(18)23)17(22-15(24)10-7-19-20-8-10)26-13(9)16(25)21-11-5-3-2-4-6-11/h2-8H,1H3,(H2,18,23)(H,19,20)(H,21,25)(H,22,24). The van der Waals surface area contributed by atoms with Gasteiger partial charge in [0.1, 0.15) is 5.00 Å². The Balaban J connectivity index is 1.91. The largest absolute Gasteiger partial charge is 0.365 e. The van der Waals surface area contributed by atoms with Crippen molar-refractivity contribution in [1.29, 1.82) is 0 Å². The van der Waals surface area contributed by atoms with E-state index in [9.17, 15) is 14.4 Å². The van der Waals surface area contributed by atoms with Crippen LogP contribution in [0.3, 0.4) is 0 Å². The highest BCUT2D eigenvalue weighted by molar-refractivity contribution is 7.19. The number of para-hydroxylation sites is 1. The number of nitrogens with one attached hydrogen (secondary N) is 3. The number of hydrogen-bond acceptors (Lipinski definition) is 5. The lowest BCUT2D eigenvalue weighted by atomic mass is 10.1. The third kappa shape index (κ3) is 3.47. The SMILES string of the molecule is Cc1c(C(=O)Nc2ccccc2)sc(NC(=O)c2cn[nH]c2)c1C(N)=O. The summed E-state index contributed by atoms with van der Waals surface area (Å²) in [6, 6.07) is 8.92. The minimum Gasteiger partial charge on any atom is -0.365 e. The first-order valence-corrected chi connectivity index (χ1v) is 8.38. The van der Waals surface area contributed by atoms with Crippen LogP contribution in [0.2, 0.25) is 0 Å². The van der Waals surface area contributed by atoms with Crippen molar-refractivity contribution in [3.05, 3.63) is 64.3 Å². The molecule has 26 heavy (non-hydrogen) atoms. The van der Waals surface area contributed by atoms with Gasteiger partial charge in [0.05, 0.1) is 22.2 Å². The zero-order valence-electron chi connectivity index (χ0n) is 13.7. The average Bonchev–Trinajstić information content (AvgIpc) is 3.24. The third-order valence-electron chi connectivity index (χ3n) is 3.62. The summed E-state index contributed by atoms with van der Waals surface area (Å²) in [4.78, 5) is 36.9. The molecule has 0 bridgehead atoms. The summed E-state index contributed by atoms with van der Waals surface area (Å²) in [5, 5.41) is 11.8. The molecule has 3 amide bonds. The number of amides is 3. The molecule has 2 aromatic heterocycles. The number of aromatic nitrogens is 2. The molecule has 8 nitrogen and oxygen atoms in total. The van der Waals surface area contributed by atoms with Gasteiger partial charge in [-0.2, -0.15) is 5.10 Å². The summed E-state index contributed by atoms with van der Waals surface area (Å²) in [7, 11) is 0. The fourth-order valence-electron chi connectivity index (χ4n) is 2.37. The second-order valence-corrected chi connectivity index (χ2v) is 6.41. The lowest BCUT2D eigenvalue weighted by molar-refractivity contribution is 0.100. The zero-order valence-corrected chi connectivity index (χ0v) is 14.5. The molecule has 0 aliphatic rings.